The van der Waals surface area contributed by atoms with Crippen LogP contribution in [0, 0.1) is 0 Å². The molecule has 0 spiro atoms. The van der Waals surface area contributed by atoms with Crippen molar-refractivity contribution >= 4 is 11.8 Å². The van der Waals surface area contributed by atoms with Crippen LogP contribution in [-0.2, 0) is 9.59 Å². The van der Waals surface area contributed by atoms with Crippen molar-refractivity contribution in [3.05, 3.63) is 0 Å². The Morgan fingerprint density at radius 2 is 1.50 bits per heavy atom. The number of carboxylic acids is 1. The smallest absolute Gasteiger partial charge is 0.310 e. The molecule has 3 unspecified atom stereocenters. The highest BCUT2D eigenvalue weighted by molar-refractivity contribution is 5.94. The molecule has 0 radical (unpaired) electrons. The molecule has 94 valence electrons. The molecule has 3 atom stereocenters. The molecule has 0 heterocycles. The zero-order valence-electron chi connectivity index (χ0n) is 7.88. The summed E-state index contributed by atoms with van der Waals surface area (Å²) in [5.74, 6) is -2.75. The second kappa shape index (κ2) is 6.39. The number of carbonyl (C=O) groups excluding carboxylic acids is 1. The monoisotopic (exact) mass is 248 g/mol. The van der Waals surface area contributed by atoms with Crippen molar-refractivity contribution in [1.29, 1.82) is 0 Å². The Morgan fingerprint density at radius 3 is 1.88 bits per heavy atom. The molecule has 0 aromatic carbocycles. The number of rotatable bonds is 7. The number of halogens is 5. The van der Waals surface area contributed by atoms with Crippen LogP contribution in [-0.4, -0.2) is 41.8 Å². The topological polar surface area (TPSA) is 54.4 Å². The van der Waals surface area contributed by atoms with E-state index in [1.165, 1.54) is 0 Å². The Balaban J connectivity index is 4.19. The molecular formula is C8H9F5O3. The van der Waals surface area contributed by atoms with Crippen molar-refractivity contribution in [3.8, 4) is 0 Å². The van der Waals surface area contributed by atoms with E-state index in [1.807, 2.05) is 0 Å². The van der Waals surface area contributed by atoms with E-state index in [9.17, 15) is 31.5 Å². The molecule has 0 aliphatic heterocycles. The minimum Gasteiger partial charge on any atom is -0.481 e. The lowest BCUT2D eigenvalue weighted by Crippen LogP contribution is -2.34. The molecule has 0 fully saturated rings. The SMILES string of the molecule is O=C(O)CC(=O)CC(F)C(F)C(F)C(F)F. The molecule has 0 aromatic rings. The number of alkyl halides is 5. The first-order chi connectivity index (χ1) is 7.25. The van der Waals surface area contributed by atoms with E-state index in [2.05, 4.69) is 0 Å². The zero-order chi connectivity index (χ0) is 12.9. The Bertz CT molecular complexity index is 258. The van der Waals surface area contributed by atoms with Crippen LogP contribution in [0.25, 0.3) is 0 Å². The summed E-state index contributed by atoms with van der Waals surface area (Å²) in [4.78, 5) is 20.6. The molecule has 0 saturated heterocycles. The van der Waals surface area contributed by atoms with Gasteiger partial charge in [-0.15, -0.1) is 0 Å². The lowest BCUT2D eigenvalue weighted by molar-refractivity contribution is -0.140. The molecular weight excluding hydrogens is 239 g/mol. The third-order valence-electron chi connectivity index (χ3n) is 1.66. The van der Waals surface area contributed by atoms with Crippen molar-refractivity contribution in [2.75, 3.05) is 0 Å². The minimum absolute atomic E-state index is 1.06. The summed E-state index contributed by atoms with van der Waals surface area (Å²) in [5, 5.41) is 8.10. The summed E-state index contributed by atoms with van der Waals surface area (Å²) in [6.07, 6.45) is -15.2. The lowest BCUT2D eigenvalue weighted by atomic mass is 10.0. The van der Waals surface area contributed by atoms with Gasteiger partial charge in [-0.3, -0.25) is 9.59 Å². The van der Waals surface area contributed by atoms with Crippen LogP contribution in [0.15, 0.2) is 0 Å². The summed E-state index contributed by atoms with van der Waals surface area (Å²) in [7, 11) is 0. The first kappa shape index (κ1) is 14.8. The molecule has 3 nitrogen and oxygen atoms in total. The van der Waals surface area contributed by atoms with Crippen molar-refractivity contribution in [2.24, 2.45) is 0 Å². The van der Waals surface area contributed by atoms with Gasteiger partial charge in [0.2, 0.25) is 0 Å². The normalized spacial score (nSPS) is 16.9. The molecule has 0 amide bonds. The van der Waals surface area contributed by atoms with Crippen LogP contribution in [0.5, 0.6) is 0 Å². The maximum atomic E-state index is 12.7. The number of carbonyl (C=O) groups is 2. The van der Waals surface area contributed by atoms with Crippen LogP contribution in [0.3, 0.4) is 0 Å². The van der Waals surface area contributed by atoms with Crippen molar-refractivity contribution < 1.29 is 36.6 Å². The standard InChI is InChI=1S/C8H9F5O3/c9-4(1-3(14)2-5(15)16)6(10)7(11)8(12)13/h4,6-8H,1-2H2,(H,15,16). The number of ketones is 1. The zero-order valence-corrected chi connectivity index (χ0v) is 7.88. The Kier molecular flexibility index (Phi) is 5.91. The van der Waals surface area contributed by atoms with Crippen LogP contribution in [0.1, 0.15) is 12.8 Å². The van der Waals surface area contributed by atoms with Gasteiger partial charge in [-0.1, -0.05) is 0 Å². The molecule has 0 aliphatic carbocycles. The van der Waals surface area contributed by atoms with Gasteiger partial charge < -0.3 is 5.11 Å². The van der Waals surface area contributed by atoms with Crippen LogP contribution < -0.4 is 0 Å². The second-order valence-electron chi connectivity index (χ2n) is 3.05. The van der Waals surface area contributed by atoms with Gasteiger partial charge in [-0.2, -0.15) is 0 Å². The maximum absolute atomic E-state index is 12.7. The summed E-state index contributed by atoms with van der Waals surface area (Å²) < 4.78 is 60.9. The molecule has 8 heteroatoms. The predicted octanol–water partition coefficient (Wildman–Crippen LogP) is 1.70. The maximum Gasteiger partial charge on any atom is 0.310 e. The van der Waals surface area contributed by atoms with E-state index in [0.29, 0.717) is 0 Å². The molecule has 0 rings (SSSR count). The minimum atomic E-state index is -3.69. The van der Waals surface area contributed by atoms with Gasteiger partial charge >= 0.3 is 5.97 Å². The van der Waals surface area contributed by atoms with E-state index in [1.54, 1.807) is 0 Å². The number of Topliss-reactive ketones (excluding diaryl/α,β-unsaturated/α-hetero) is 1. The highest BCUT2D eigenvalue weighted by atomic mass is 19.3. The fraction of sp³-hybridized carbons (Fsp3) is 0.750. The van der Waals surface area contributed by atoms with Gasteiger partial charge in [0.05, 0.1) is 0 Å². The molecule has 0 saturated carbocycles. The van der Waals surface area contributed by atoms with Gasteiger partial charge in [0, 0.05) is 6.42 Å². The third kappa shape index (κ3) is 5.04. The van der Waals surface area contributed by atoms with Gasteiger partial charge in [-0.05, 0) is 0 Å². The number of carboxylic acid groups (broad SMARTS) is 1. The van der Waals surface area contributed by atoms with Crippen molar-refractivity contribution in [1.82, 2.24) is 0 Å². The molecule has 0 aliphatic rings. The number of hydrogen-bond acceptors (Lipinski definition) is 2. The molecule has 0 aromatic heterocycles. The number of aliphatic carboxylic acids is 1. The first-order valence-corrected chi connectivity index (χ1v) is 4.19. The number of hydrogen-bond donors (Lipinski definition) is 1. The molecule has 0 bridgehead atoms. The highest BCUT2D eigenvalue weighted by Crippen LogP contribution is 2.20. The van der Waals surface area contributed by atoms with E-state index in [4.69, 9.17) is 5.11 Å². The Labute approximate surface area is 87.2 Å². The van der Waals surface area contributed by atoms with Crippen molar-refractivity contribution in [3.63, 3.8) is 0 Å². The van der Waals surface area contributed by atoms with Gasteiger partial charge in [-0.25, -0.2) is 22.0 Å². The van der Waals surface area contributed by atoms with E-state index >= 15 is 0 Å². The van der Waals surface area contributed by atoms with E-state index < -0.39 is 49.5 Å². The highest BCUT2D eigenvalue weighted by Gasteiger charge is 2.37. The van der Waals surface area contributed by atoms with Crippen molar-refractivity contribution in [2.45, 2.75) is 37.8 Å². The second-order valence-corrected chi connectivity index (χ2v) is 3.05. The predicted molar refractivity (Wildman–Crippen MR) is 42.6 cm³/mol. The van der Waals surface area contributed by atoms with Gasteiger partial charge in [0.15, 0.2) is 12.3 Å². The van der Waals surface area contributed by atoms with Crippen LogP contribution in [0.4, 0.5) is 22.0 Å². The summed E-state index contributed by atoms with van der Waals surface area (Å²) >= 11 is 0. The Hall–Kier alpha value is -1.21. The molecule has 16 heavy (non-hydrogen) atoms. The quantitative estimate of drug-likeness (QED) is 0.551. The van der Waals surface area contributed by atoms with Gasteiger partial charge in [0.25, 0.3) is 6.43 Å². The summed E-state index contributed by atoms with van der Waals surface area (Å²) in [6.45, 7) is 0. The van der Waals surface area contributed by atoms with Gasteiger partial charge in [0.1, 0.15) is 18.4 Å². The molecule has 1 N–H and O–H groups in total. The fourth-order valence-corrected chi connectivity index (χ4v) is 0.909. The first-order valence-electron chi connectivity index (χ1n) is 4.19. The Morgan fingerprint density at radius 1 is 1.00 bits per heavy atom. The lowest BCUT2D eigenvalue weighted by Gasteiger charge is -2.15. The average Bonchev–Trinajstić information content (AvgIpc) is 2.13. The van der Waals surface area contributed by atoms with Crippen LogP contribution >= 0.6 is 0 Å². The fourth-order valence-electron chi connectivity index (χ4n) is 0.909. The summed E-state index contributed by atoms with van der Waals surface area (Å²) in [6, 6.07) is 0. The van der Waals surface area contributed by atoms with E-state index in [0.717, 1.165) is 0 Å². The van der Waals surface area contributed by atoms with E-state index in [-0.39, 0.29) is 0 Å². The summed E-state index contributed by atoms with van der Waals surface area (Å²) in [5.41, 5.74) is 0. The van der Waals surface area contributed by atoms with Crippen LogP contribution in [0.2, 0.25) is 0 Å². The largest absolute Gasteiger partial charge is 0.481 e. The third-order valence-corrected chi connectivity index (χ3v) is 1.66. The average molecular weight is 248 g/mol.